The highest BCUT2D eigenvalue weighted by Crippen LogP contribution is 2.40. The maximum absolute atomic E-state index is 13.2. The average molecular weight is 472 g/mol. The van der Waals surface area contributed by atoms with Crippen molar-refractivity contribution >= 4 is 34.3 Å². The van der Waals surface area contributed by atoms with Crippen LogP contribution in [0.5, 0.6) is 11.5 Å². The van der Waals surface area contributed by atoms with Crippen LogP contribution in [0.25, 0.3) is 0 Å². The van der Waals surface area contributed by atoms with Crippen molar-refractivity contribution in [1.29, 1.82) is 0 Å². The first kappa shape index (κ1) is 21.7. The molecule has 3 heterocycles. The van der Waals surface area contributed by atoms with E-state index in [-0.39, 0.29) is 36.4 Å². The summed E-state index contributed by atoms with van der Waals surface area (Å²) in [6.07, 6.45) is 2.74. The summed E-state index contributed by atoms with van der Waals surface area (Å²) in [5, 5.41) is 3.33. The van der Waals surface area contributed by atoms with Crippen LogP contribution in [-0.2, 0) is 20.7 Å². The lowest BCUT2D eigenvalue weighted by atomic mass is 9.95. The third-order valence-corrected chi connectivity index (χ3v) is 7.34. The summed E-state index contributed by atoms with van der Waals surface area (Å²) < 4.78 is 15.7. The number of carbonyl (C=O) groups is 3. The number of piperidine rings is 1. The van der Waals surface area contributed by atoms with Crippen molar-refractivity contribution in [3.63, 3.8) is 0 Å². The van der Waals surface area contributed by atoms with E-state index in [1.807, 2.05) is 4.90 Å². The summed E-state index contributed by atoms with van der Waals surface area (Å²) in [6.45, 7) is 3.42. The smallest absolute Gasteiger partial charge is 0.309 e. The molecule has 1 saturated heterocycles. The van der Waals surface area contributed by atoms with Gasteiger partial charge in [0, 0.05) is 23.5 Å². The van der Waals surface area contributed by atoms with Crippen LogP contribution < -0.4 is 14.8 Å². The van der Waals surface area contributed by atoms with Crippen LogP contribution in [0.1, 0.15) is 53.0 Å². The topological polar surface area (TPSA) is 107 Å². The van der Waals surface area contributed by atoms with Crippen LogP contribution in [0, 0.1) is 5.92 Å². The van der Waals surface area contributed by atoms with Crippen LogP contribution in [0.2, 0.25) is 0 Å². The zero-order chi connectivity index (χ0) is 22.9. The van der Waals surface area contributed by atoms with Crippen LogP contribution in [-0.4, -0.2) is 54.2 Å². The Labute approximate surface area is 195 Å². The minimum Gasteiger partial charge on any atom is -0.466 e. The summed E-state index contributed by atoms with van der Waals surface area (Å²) in [7, 11) is 0. The van der Waals surface area contributed by atoms with Gasteiger partial charge in [-0.15, -0.1) is 11.3 Å². The number of esters is 1. The van der Waals surface area contributed by atoms with Crippen LogP contribution in [0.3, 0.4) is 0 Å². The molecule has 5 rings (SSSR count). The molecular formula is C23H25N3O6S. The molecule has 1 fully saturated rings. The lowest BCUT2D eigenvalue weighted by Gasteiger charge is -2.32. The van der Waals surface area contributed by atoms with Crippen LogP contribution >= 0.6 is 11.3 Å². The van der Waals surface area contributed by atoms with E-state index in [1.165, 1.54) is 11.3 Å². The predicted octanol–water partition coefficient (Wildman–Crippen LogP) is 2.96. The first-order valence-electron chi connectivity index (χ1n) is 11.2. The highest BCUT2D eigenvalue weighted by atomic mass is 32.1. The Morgan fingerprint density at radius 2 is 1.97 bits per heavy atom. The maximum Gasteiger partial charge on any atom is 0.309 e. The molecule has 2 amide bonds. The number of thiazole rings is 1. The summed E-state index contributed by atoms with van der Waals surface area (Å²) in [5.41, 5.74) is 1.21. The van der Waals surface area contributed by atoms with Crippen LogP contribution in [0.4, 0.5) is 5.13 Å². The third-order valence-electron chi connectivity index (χ3n) is 6.30. The van der Waals surface area contributed by atoms with Gasteiger partial charge < -0.3 is 19.1 Å². The summed E-state index contributed by atoms with van der Waals surface area (Å²) in [5.74, 6) is 0.320. The van der Waals surface area contributed by atoms with Gasteiger partial charge in [-0.1, -0.05) is 0 Å². The standard InChI is InChI=1S/C23H25N3O6S/c1-2-30-22(29)13-7-9-26(10-8-13)21(28)15-4-6-18-19(15)24-23(33-18)25-20(27)14-3-5-16-17(11-14)32-12-31-16/h3,5,11,13,15H,2,4,6-10,12H2,1H3,(H,24,25,27). The van der Waals surface area contributed by atoms with E-state index in [2.05, 4.69) is 10.3 Å². The first-order valence-corrected chi connectivity index (χ1v) is 12.0. The van der Waals surface area contributed by atoms with Gasteiger partial charge in [-0.2, -0.15) is 0 Å². The second-order valence-electron chi connectivity index (χ2n) is 8.29. The van der Waals surface area contributed by atoms with E-state index in [0.29, 0.717) is 54.7 Å². The number of likely N-dealkylation sites (tertiary alicyclic amines) is 1. The molecule has 0 radical (unpaired) electrons. The first-order chi connectivity index (χ1) is 16.0. The molecule has 1 aliphatic carbocycles. The van der Waals surface area contributed by atoms with E-state index in [9.17, 15) is 14.4 Å². The zero-order valence-corrected chi connectivity index (χ0v) is 19.1. The highest BCUT2D eigenvalue weighted by molar-refractivity contribution is 7.16. The third kappa shape index (κ3) is 4.27. The summed E-state index contributed by atoms with van der Waals surface area (Å²) >= 11 is 1.42. The normalized spacial score (nSPS) is 19.3. The molecule has 1 aromatic carbocycles. The molecule has 0 spiro atoms. The SMILES string of the molecule is CCOC(=O)C1CCN(C(=O)C2CCc3sc(NC(=O)c4ccc5c(c4)OCO5)nc32)CC1. The van der Waals surface area contributed by atoms with E-state index in [4.69, 9.17) is 14.2 Å². The second kappa shape index (κ2) is 9.01. The molecule has 9 nitrogen and oxygen atoms in total. The molecule has 2 aliphatic heterocycles. The Morgan fingerprint density at radius 3 is 2.76 bits per heavy atom. The molecule has 1 unspecified atom stereocenters. The molecule has 10 heteroatoms. The van der Waals surface area contributed by atoms with Gasteiger partial charge in [0.2, 0.25) is 12.7 Å². The quantitative estimate of drug-likeness (QED) is 0.668. The number of nitrogens with zero attached hydrogens (tertiary/aromatic N) is 2. The van der Waals surface area contributed by atoms with Gasteiger partial charge in [0.15, 0.2) is 16.6 Å². The fraction of sp³-hybridized carbons (Fsp3) is 0.478. The number of fused-ring (bicyclic) bond motifs is 2. The number of aryl methyl sites for hydroxylation is 1. The number of aromatic nitrogens is 1. The number of ether oxygens (including phenoxy) is 3. The number of nitrogens with one attached hydrogen (secondary N) is 1. The van der Waals surface area contributed by atoms with Gasteiger partial charge in [-0.3, -0.25) is 19.7 Å². The summed E-state index contributed by atoms with van der Waals surface area (Å²) in [4.78, 5) is 45.3. The molecule has 0 saturated carbocycles. The lowest BCUT2D eigenvalue weighted by Crippen LogP contribution is -2.42. The van der Waals surface area contributed by atoms with Gasteiger partial charge in [-0.25, -0.2) is 4.98 Å². The van der Waals surface area contributed by atoms with Crippen molar-refractivity contribution < 1.29 is 28.6 Å². The minimum absolute atomic E-state index is 0.0509. The molecule has 1 N–H and O–H groups in total. The molecule has 3 aliphatic rings. The van der Waals surface area contributed by atoms with E-state index in [0.717, 1.165) is 23.4 Å². The van der Waals surface area contributed by atoms with Gasteiger partial charge in [0.05, 0.1) is 24.1 Å². The molecule has 1 atom stereocenters. The number of rotatable bonds is 5. The Bertz CT molecular complexity index is 1090. The van der Waals surface area contributed by atoms with Crippen molar-refractivity contribution in [3.8, 4) is 11.5 Å². The van der Waals surface area contributed by atoms with Crippen molar-refractivity contribution in [1.82, 2.24) is 9.88 Å². The van der Waals surface area contributed by atoms with Crippen molar-refractivity contribution in [2.75, 3.05) is 31.8 Å². The molecule has 33 heavy (non-hydrogen) atoms. The molecular weight excluding hydrogens is 446 g/mol. The van der Waals surface area contributed by atoms with Crippen molar-refractivity contribution in [2.24, 2.45) is 5.92 Å². The average Bonchev–Trinajstić information content (AvgIpc) is 3.54. The predicted molar refractivity (Wildman–Crippen MR) is 120 cm³/mol. The maximum atomic E-state index is 13.2. The molecule has 0 bridgehead atoms. The number of hydrogen-bond donors (Lipinski definition) is 1. The fourth-order valence-electron chi connectivity index (χ4n) is 4.54. The number of anilines is 1. The molecule has 174 valence electrons. The lowest BCUT2D eigenvalue weighted by molar-refractivity contribution is -0.151. The largest absolute Gasteiger partial charge is 0.466 e. The van der Waals surface area contributed by atoms with Crippen LogP contribution in [0.15, 0.2) is 18.2 Å². The van der Waals surface area contributed by atoms with Crippen molar-refractivity contribution in [2.45, 2.75) is 38.5 Å². The van der Waals surface area contributed by atoms with E-state index >= 15 is 0 Å². The Balaban J connectivity index is 1.22. The second-order valence-corrected chi connectivity index (χ2v) is 9.38. The van der Waals surface area contributed by atoms with Gasteiger partial charge >= 0.3 is 5.97 Å². The van der Waals surface area contributed by atoms with Gasteiger partial charge in [0.25, 0.3) is 5.91 Å². The Morgan fingerprint density at radius 1 is 1.18 bits per heavy atom. The molecule has 2 aromatic rings. The number of benzene rings is 1. The fourth-order valence-corrected chi connectivity index (χ4v) is 5.58. The minimum atomic E-state index is -0.299. The highest BCUT2D eigenvalue weighted by Gasteiger charge is 2.37. The van der Waals surface area contributed by atoms with Crippen molar-refractivity contribution in [3.05, 3.63) is 34.3 Å². The zero-order valence-electron chi connectivity index (χ0n) is 18.3. The number of amides is 2. The van der Waals surface area contributed by atoms with E-state index < -0.39 is 0 Å². The molecule has 1 aromatic heterocycles. The van der Waals surface area contributed by atoms with Gasteiger partial charge in [-0.05, 0) is 50.8 Å². The van der Waals surface area contributed by atoms with Gasteiger partial charge in [0.1, 0.15) is 0 Å². The number of hydrogen-bond acceptors (Lipinski definition) is 8. The Kier molecular flexibility index (Phi) is 5.92. The monoisotopic (exact) mass is 471 g/mol. The number of carbonyl (C=O) groups excluding carboxylic acids is 3. The summed E-state index contributed by atoms with van der Waals surface area (Å²) in [6, 6.07) is 5.03. The van der Waals surface area contributed by atoms with E-state index in [1.54, 1.807) is 25.1 Å². The Hall–Kier alpha value is -3.14.